The van der Waals surface area contributed by atoms with Crippen molar-refractivity contribution in [3.63, 3.8) is 0 Å². The van der Waals surface area contributed by atoms with Crippen LogP contribution in [0.15, 0.2) is 18.5 Å². The Morgan fingerprint density at radius 2 is 2.00 bits per heavy atom. The van der Waals surface area contributed by atoms with Crippen molar-refractivity contribution in [2.75, 3.05) is 14.1 Å². The van der Waals surface area contributed by atoms with Crippen LogP contribution in [0.3, 0.4) is 0 Å². The summed E-state index contributed by atoms with van der Waals surface area (Å²) in [4.78, 5) is 3.15. The van der Waals surface area contributed by atoms with Crippen LogP contribution in [0, 0.1) is 5.92 Å². The molecule has 1 aromatic heterocycles. The molecule has 3 N–H and O–H groups in total. The van der Waals surface area contributed by atoms with Gasteiger partial charge in [-0.15, -0.1) is 0 Å². The van der Waals surface area contributed by atoms with Crippen molar-refractivity contribution in [3.05, 3.63) is 24.0 Å². The first-order valence-electron chi connectivity index (χ1n) is 6.32. The van der Waals surface area contributed by atoms with Crippen LogP contribution in [-0.2, 0) is 0 Å². The molecule has 1 aliphatic carbocycles. The lowest BCUT2D eigenvalue weighted by Crippen LogP contribution is -2.34. The Balaban J connectivity index is 1.96. The molecule has 0 amide bonds. The molecule has 0 bridgehead atoms. The van der Waals surface area contributed by atoms with Crippen LogP contribution in [0.25, 0.3) is 0 Å². The normalized spacial score (nSPS) is 27.9. The maximum atomic E-state index is 3.47. The SMILES string of the molecule is CNC1CCC(C(NC)c2cc[nH]c2)CC1. The maximum absolute atomic E-state index is 3.47. The van der Waals surface area contributed by atoms with E-state index in [0.717, 1.165) is 12.0 Å². The summed E-state index contributed by atoms with van der Waals surface area (Å²) < 4.78 is 0. The van der Waals surface area contributed by atoms with E-state index in [2.05, 4.69) is 42.0 Å². The lowest BCUT2D eigenvalue weighted by molar-refractivity contribution is 0.248. The van der Waals surface area contributed by atoms with Gasteiger partial charge in [-0.1, -0.05) is 0 Å². The lowest BCUT2D eigenvalue weighted by atomic mass is 9.80. The molecule has 0 aromatic carbocycles. The minimum Gasteiger partial charge on any atom is -0.367 e. The smallest absolute Gasteiger partial charge is 0.0361 e. The van der Waals surface area contributed by atoms with Crippen molar-refractivity contribution in [2.24, 2.45) is 5.92 Å². The van der Waals surface area contributed by atoms with Crippen molar-refractivity contribution in [1.29, 1.82) is 0 Å². The molecule has 0 spiro atoms. The fourth-order valence-electron chi connectivity index (χ4n) is 2.95. The van der Waals surface area contributed by atoms with Gasteiger partial charge in [0, 0.05) is 24.5 Å². The Morgan fingerprint density at radius 3 is 2.50 bits per heavy atom. The number of rotatable bonds is 4. The van der Waals surface area contributed by atoms with Crippen molar-refractivity contribution in [3.8, 4) is 0 Å². The van der Waals surface area contributed by atoms with Gasteiger partial charge >= 0.3 is 0 Å². The van der Waals surface area contributed by atoms with Gasteiger partial charge in [0.05, 0.1) is 0 Å². The number of hydrogen-bond acceptors (Lipinski definition) is 2. The molecule has 3 nitrogen and oxygen atoms in total. The van der Waals surface area contributed by atoms with Gasteiger partial charge in [-0.05, 0) is 57.3 Å². The van der Waals surface area contributed by atoms with E-state index in [0.29, 0.717) is 6.04 Å². The monoisotopic (exact) mass is 221 g/mol. The van der Waals surface area contributed by atoms with E-state index in [-0.39, 0.29) is 0 Å². The van der Waals surface area contributed by atoms with Crippen LogP contribution in [-0.4, -0.2) is 25.1 Å². The highest BCUT2D eigenvalue weighted by Crippen LogP contribution is 2.34. The fourth-order valence-corrected chi connectivity index (χ4v) is 2.95. The van der Waals surface area contributed by atoms with Gasteiger partial charge in [-0.2, -0.15) is 0 Å². The summed E-state index contributed by atoms with van der Waals surface area (Å²) in [5.74, 6) is 0.783. The first kappa shape index (κ1) is 11.7. The Morgan fingerprint density at radius 1 is 1.25 bits per heavy atom. The third-order valence-corrected chi connectivity index (χ3v) is 3.94. The number of nitrogens with one attached hydrogen (secondary N) is 3. The molecule has 0 radical (unpaired) electrons. The Hall–Kier alpha value is -0.800. The summed E-state index contributed by atoms with van der Waals surface area (Å²) in [5, 5.41) is 6.86. The van der Waals surface area contributed by atoms with Gasteiger partial charge < -0.3 is 15.6 Å². The van der Waals surface area contributed by atoms with Gasteiger partial charge in [-0.3, -0.25) is 0 Å². The van der Waals surface area contributed by atoms with E-state index in [4.69, 9.17) is 0 Å². The zero-order valence-corrected chi connectivity index (χ0v) is 10.3. The summed E-state index contributed by atoms with van der Waals surface area (Å²) in [6.45, 7) is 0. The topological polar surface area (TPSA) is 39.8 Å². The summed E-state index contributed by atoms with van der Waals surface area (Å²) in [5.41, 5.74) is 1.40. The van der Waals surface area contributed by atoms with Crippen LogP contribution in [0.1, 0.15) is 37.3 Å². The molecular formula is C13H23N3. The molecule has 16 heavy (non-hydrogen) atoms. The molecule has 0 saturated heterocycles. The van der Waals surface area contributed by atoms with Crippen LogP contribution in [0.4, 0.5) is 0 Å². The largest absolute Gasteiger partial charge is 0.367 e. The van der Waals surface area contributed by atoms with Crippen LogP contribution in [0.2, 0.25) is 0 Å². The highest BCUT2D eigenvalue weighted by atomic mass is 14.9. The molecule has 1 fully saturated rings. The summed E-state index contributed by atoms with van der Waals surface area (Å²) in [6.07, 6.45) is 9.39. The molecule has 3 heteroatoms. The molecule has 1 saturated carbocycles. The molecule has 0 aliphatic heterocycles. The minimum atomic E-state index is 0.518. The van der Waals surface area contributed by atoms with Gasteiger partial charge in [0.15, 0.2) is 0 Å². The van der Waals surface area contributed by atoms with E-state index < -0.39 is 0 Å². The van der Waals surface area contributed by atoms with E-state index in [1.807, 2.05) is 6.20 Å². The summed E-state index contributed by atoms with van der Waals surface area (Å²) in [7, 11) is 4.15. The van der Waals surface area contributed by atoms with Crippen molar-refractivity contribution in [1.82, 2.24) is 15.6 Å². The summed E-state index contributed by atoms with van der Waals surface area (Å²) >= 11 is 0. The van der Waals surface area contributed by atoms with Gasteiger partial charge in [-0.25, -0.2) is 0 Å². The first-order valence-corrected chi connectivity index (χ1v) is 6.32. The second-order valence-corrected chi connectivity index (χ2v) is 4.81. The molecule has 90 valence electrons. The van der Waals surface area contributed by atoms with Gasteiger partial charge in [0.25, 0.3) is 0 Å². The zero-order valence-electron chi connectivity index (χ0n) is 10.3. The molecule has 2 rings (SSSR count). The molecule has 1 aliphatic rings. The number of aromatic nitrogens is 1. The molecule has 1 heterocycles. The predicted molar refractivity (Wildman–Crippen MR) is 67.4 cm³/mol. The number of H-pyrrole nitrogens is 1. The maximum Gasteiger partial charge on any atom is 0.0361 e. The van der Waals surface area contributed by atoms with E-state index in [1.165, 1.54) is 31.2 Å². The van der Waals surface area contributed by atoms with E-state index in [1.54, 1.807) is 0 Å². The Bertz CT molecular complexity index is 286. The average Bonchev–Trinajstić information content (AvgIpc) is 2.85. The third-order valence-electron chi connectivity index (χ3n) is 3.94. The molecular weight excluding hydrogens is 198 g/mol. The predicted octanol–water partition coefficient (Wildman–Crippen LogP) is 2.05. The second-order valence-electron chi connectivity index (χ2n) is 4.81. The van der Waals surface area contributed by atoms with Gasteiger partial charge in [0.2, 0.25) is 0 Å². The molecule has 1 unspecified atom stereocenters. The Labute approximate surface area is 98.0 Å². The lowest BCUT2D eigenvalue weighted by Gasteiger charge is -2.33. The average molecular weight is 221 g/mol. The highest BCUT2D eigenvalue weighted by molar-refractivity contribution is 5.15. The van der Waals surface area contributed by atoms with Crippen molar-refractivity contribution >= 4 is 0 Å². The number of hydrogen-bond donors (Lipinski definition) is 3. The second kappa shape index (κ2) is 5.51. The minimum absolute atomic E-state index is 0.518. The van der Waals surface area contributed by atoms with E-state index >= 15 is 0 Å². The van der Waals surface area contributed by atoms with Crippen LogP contribution >= 0.6 is 0 Å². The zero-order chi connectivity index (χ0) is 11.4. The first-order chi connectivity index (χ1) is 7.85. The third kappa shape index (κ3) is 2.47. The standard InChI is InChI=1S/C13H23N3/c1-14-12-5-3-10(4-6-12)13(15-2)11-7-8-16-9-11/h7-10,12-16H,3-6H2,1-2H3. The fraction of sp³-hybridized carbons (Fsp3) is 0.692. The van der Waals surface area contributed by atoms with Crippen LogP contribution in [0.5, 0.6) is 0 Å². The quantitative estimate of drug-likeness (QED) is 0.728. The van der Waals surface area contributed by atoms with Crippen LogP contribution < -0.4 is 10.6 Å². The number of aromatic amines is 1. The molecule has 1 atom stereocenters. The van der Waals surface area contributed by atoms with E-state index in [9.17, 15) is 0 Å². The van der Waals surface area contributed by atoms with Crippen molar-refractivity contribution < 1.29 is 0 Å². The Kier molecular flexibility index (Phi) is 4.02. The van der Waals surface area contributed by atoms with Gasteiger partial charge in [0.1, 0.15) is 0 Å². The molecule has 1 aromatic rings. The highest BCUT2D eigenvalue weighted by Gasteiger charge is 2.27. The van der Waals surface area contributed by atoms with Crippen molar-refractivity contribution in [2.45, 2.75) is 37.8 Å². The summed E-state index contributed by atoms with van der Waals surface area (Å²) in [6, 6.07) is 3.44.